The van der Waals surface area contributed by atoms with Crippen LogP contribution in [0.15, 0.2) is 72.8 Å². The summed E-state index contributed by atoms with van der Waals surface area (Å²) in [6.45, 7) is 0.971. The standard InChI is InChI=1S/C29H32N2O5/c1-34-24-12-10-23(11-13-24)28-29(33)30(17-15-21-7-5-4-6-8-21)20-27(32)31(28)18-16-22-9-14-25(35-2)26(19-22)36-3/h4-14,19,28H,15-18,20H2,1-3H3/t28-/m1/s1. The number of methoxy groups -OCH3 is 3. The van der Waals surface area contributed by atoms with E-state index < -0.39 is 6.04 Å². The molecule has 0 unspecified atom stereocenters. The van der Waals surface area contributed by atoms with Gasteiger partial charge in [0.25, 0.3) is 0 Å². The van der Waals surface area contributed by atoms with Gasteiger partial charge in [-0.2, -0.15) is 0 Å². The Labute approximate surface area is 212 Å². The summed E-state index contributed by atoms with van der Waals surface area (Å²) < 4.78 is 16.0. The fraction of sp³-hybridized carbons (Fsp3) is 0.310. The monoisotopic (exact) mass is 488 g/mol. The van der Waals surface area contributed by atoms with E-state index in [1.807, 2.05) is 72.8 Å². The molecule has 7 heteroatoms. The number of piperazine rings is 1. The van der Waals surface area contributed by atoms with Crippen molar-refractivity contribution >= 4 is 11.8 Å². The number of carbonyl (C=O) groups is 2. The minimum absolute atomic E-state index is 0.0658. The molecular weight excluding hydrogens is 456 g/mol. The topological polar surface area (TPSA) is 68.3 Å². The first kappa shape index (κ1) is 25.1. The lowest BCUT2D eigenvalue weighted by molar-refractivity contribution is -0.156. The van der Waals surface area contributed by atoms with Crippen molar-refractivity contribution in [2.75, 3.05) is 41.0 Å². The molecule has 2 amide bonds. The molecule has 0 aromatic heterocycles. The van der Waals surface area contributed by atoms with E-state index in [2.05, 4.69) is 0 Å². The van der Waals surface area contributed by atoms with Crippen LogP contribution in [0.4, 0.5) is 0 Å². The van der Waals surface area contributed by atoms with E-state index in [1.54, 1.807) is 31.1 Å². The molecule has 0 aliphatic carbocycles. The molecule has 188 valence electrons. The Kier molecular flexibility index (Phi) is 8.10. The predicted octanol–water partition coefficient (Wildman–Crippen LogP) is 3.91. The van der Waals surface area contributed by atoms with Gasteiger partial charge in [-0.1, -0.05) is 48.5 Å². The third-order valence-corrected chi connectivity index (χ3v) is 6.54. The van der Waals surface area contributed by atoms with Crippen LogP contribution in [0, 0.1) is 0 Å². The molecule has 4 rings (SSSR count). The summed E-state index contributed by atoms with van der Waals surface area (Å²) in [6.07, 6.45) is 1.27. The van der Waals surface area contributed by atoms with Crippen LogP contribution in [0.25, 0.3) is 0 Å². The number of hydrogen-bond acceptors (Lipinski definition) is 5. The van der Waals surface area contributed by atoms with Crippen molar-refractivity contribution in [2.24, 2.45) is 0 Å². The quantitative estimate of drug-likeness (QED) is 0.433. The summed E-state index contributed by atoms with van der Waals surface area (Å²) >= 11 is 0. The minimum atomic E-state index is -0.687. The zero-order valence-corrected chi connectivity index (χ0v) is 21.0. The van der Waals surface area contributed by atoms with E-state index in [9.17, 15) is 9.59 Å². The Morgan fingerprint density at radius 1 is 0.750 bits per heavy atom. The van der Waals surface area contributed by atoms with E-state index in [4.69, 9.17) is 14.2 Å². The molecule has 1 aliphatic rings. The highest BCUT2D eigenvalue weighted by atomic mass is 16.5. The lowest BCUT2D eigenvalue weighted by atomic mass is 9.99. The van der Waals surface area contributed by atoms with E-state index in [-0.39, 0.29) is 18.4 Å². The highest BCUT2D eigenvalue weighted by Gasteiger charge is 2.39. The third kappa shape index (κ3) is 5.62. The molecule has 1 aliphatic heterocycles. The van der Waals surface area contributed by atoms with E-state index >= 15 is 0 Å². The zero-order chi connectivity index (χ0) is 25.5. The molecule has 1 saturated heterocycles. The lowest BCUT2D eigenvalue weighted by Crippen LogP contribution is -2.56. The number of amides is 2. The number of hydrogen-bond donors (Lipinski definition) is 0. The molecule has 7 nitrogen and oxygen atoms in total. The second kappa shape index (κ2) is 11.6. The van der Waals surface area contributed by atoms with Crippen molar-refractivity contribution in [1.29, 1.82) is 0 Å². The van der Waals surface area contributed by atoms with Crippen LogP contribution >= 0.6 is 0 Å². The van der Waals surface area contributed by atoms with Gasteiger partial charge in [0.1, 0.15) is 11.8 Å². The van der Waals surface area contributed by atoms with Gasteiger partial charge in [-0.15, -0.1) is 0 Å². The number of rotatable bonds is 10. The van der Waals surface area contributed by atoms with Crippen LogP contribution < -0.4 is 14.2 Å². The Hall–Kier alpha value is -4.00. The fourth-order valence-corrected chi connectivity index (χ4v) is 4.53. The largest absolute Gasteiger partial charge is 0.497 e. The van der Waals surface area contributed by atoms with Gasteiger partial charge in [0, 0.05) is 13.1 Å². The average Bonchev–Trinajstić information content (AvgIpc) is 2.92. The Bertz CT molecular complexity index is 1180. The van der Waals surface area contributed by atoms with Gasteiger partial charge in [0.15, 0.2) is 11.5 Å². The van der Waals surface area contributed by atoms with Crippen LogP contribution in [0.2, 0.25) is 0 Å². The predicted molar refractivity (Wildman–Crippen MR) is 137 cm³/mol. The van der Waals surface area contributed by atoms with E-state index in [0.717, 1.165) is 16.7 Å². The molecule has 0 radical (unpaired) electrons. The van der Waals surface area contributed by atoms with Crippen LogP contribution in [0.3, 0.4) is 0 Å². The smallest absolute Gasteiger partial charge is 0.250 e. The second-order valence-corrected chi connectivity index (χ2v) is 8.70. The van der Waals surface area contributed by atoms with Crippen LogP contribution in [-0.2, 0) is 22.4 Å². The number of benzene rings is 3. The molecule has 0 saturated carbocycles. The van der Waals surface area contributed by atoms with Crippen molar-refractivity contribution in [3.05, 3.63) is 89.5 Å². The maximum Gasteiger partial charge on any atom is 0.250 e. The minimum Gasteiger partial charge on any atom is -0.497 e. The van der Waals surface area contributed by atoms with Crippen LogP contribution in [0.5, 0.6) is 17.2 Å². The SMILES string of the molecule is COc1ccc([C@@H]2C(=O)N(CCc3ccccc3)CC(=O)N2CCc2ccc(OC)c(OC)c2)cc1. The molecule has 1 atom stereocenters. The van der Waals surface area contributed by atoms with Crippen molar-refractivity contribution in [2.45, 2.75) is 18.9 Å². The highest BCUT2D eigenvalue weighted by molar-refractivity contribution is 5.95. The summed E-state index contributed by atoms with van der Waals surface area (Å²) in [6, 6.07) is 22.4. The lowest BCUT2D eigenvalue weighted by Gasteiger charge is -2.40. The highest BCUT2D eigenvalue weighted by Crippen LogP contribution is 2.31. The molecule has 3 aromatic rings. The van der Waals surface area contributed by atoms with Gasteiger partial charge in [0.2, 0.25) is 11.8 Å². The first-order valence-corrected chi connectivity index (χ1v) is 12.0. The molecule has 36 heavy (non-hydrogen) atoms. The van der Waals surface area contributed by atoms with Crippen LogP contribution in [0.1, 0.15) is 22.7 Å². The molecule has 3 aromatic carbocycles. The number of carbonyl (C=O) groups excluding carboxylic acids is 2. The van der Waals surface area contributed by atoms with Crippen LogP contribution in [-0.4, -0.2) is 62.6 Å². The van der Waals surface area contributed by atoms with Crippen molar-refractivity contribution in [3.63, 3.8) is 0 Å². The summed E-state index contributed by atoms with van der Waals surface area (Å²) in [5, 5.41) is 0. The van der Waals surface area contributed by atoms with Crippen molar-refractivity contribution in [1.82, 2.24) is 9.80 Å². The summed E-state index contributed by atoms with van der Waals surface area (Å²) in [5.74, 6) is 1.85. The Balaban J connectivity index is 1.56. The van der Waals surface area contributed by atoms with Gasteiger partial charge in [-0.05, 0) is 53.8 Å². The summed E-state index contributed by atoms with van der Waals surface area (Å²) in [4.78, 5) is 30.5. The summed E-state index contributed by atoms with van der Waals surface area (Å²) in [5.41, 5.74) is 2.90. The first-order valence-electron chi connectivity index (χ1n) is 12.0. The van der Waals surface area contributed by atoms with E-state index in [0.29, 0.717) is 43.2 Å². The normalized spacial score (nSPS) is 15.7. The molecule has 1 heterocycles. The first-order chi connectivity index (χ1) is 17.5. The molecule has 1 fully saturated rings. The summed E-state index contributed by atoms with van der Waals surface area (Å²) in [7, 11) is 4.79. The van der Waals surface area contributed by atoms with Gasteiger partial charge in [-0.25, -0.2) is 0 Å². The van der Waals surface area contributed by atoms with Gasteiger partial charge in [-0.3, -0.25) is 9.59 Å². The van der Waals surface area contributed by atoms with Crippen molar-refractivity contribution < 1.29 is 23.8 Å². The molecule has 0 bridgehead atoms. The van der Waals surface area contributed by atoms with Gasteiger partial charge < -0.3 is 24.0 Å². The fourth-order valence-electron chi connectivity index (χ4n) is 4.53. The van der Waals surface area contributed by atoms with E-state index in [1.165, 1.54) is 0 Å². The molecular formula is C29H32N2O5. The maximum atomic E-state index is 13.7. The molecule has 0 spiro atoms. The average molecular weight is 489 g/mol. The van der Waals surface area contributed by atoms with Gasteiger partial charge in [0.05, 0.1) is 27.9 Å². The zero-order valence-electron chi connectivity index (χ0n) is 21.0. The number of ether oxygens (including phenoxy) is 3. The number of nitrogens with zero attached hydrogens (tertiary/aromatic N) is 2. The molecule has 0 N–H and O–H groups in total. The Morgan fingerprint density at radius 3 is 2.11 bits per heavy atom. The van der Waals surface area contributed by atoms with Gasteiger partial charge >= 0.3 is 0 Å². The maximum absolute atomic E-state index is 13.7. The third-order valence-electron chi connectivity index (χ3n) is 6.54. The van der Waals surface area contributed by atoms with Crippen molar-refractivity contribution in [3.8, 4) is 17.2 Å². The second-order valence-electron chi connectivity index (χ2n) is 8.70. The Morgan fingerprint density at radius 2 is 1.44 bits per heavy atom.